The number of piperidine rings is 1. The van der Waals surface area contributed by atoms with E-state index < -0.39 is 0 Å². The van der Waals surface area contributed by atoms with Crippen molar-refractivity contribution >= 4 is 17.4 Å². The molecule has 3 aliphatic heterocycles. The molecule has 1 aromatic rings. The molecule has 3 N–H and O–H groups in total. The number of nitrogens with two attached hydrogens (primary N) is 1. The highest BCUT2D eigenvalue weighted by molar-refractivity contribution is 5.95. The number of likely N-dealkylation sites (tertiary alicyclic amines) is 1. The number of carbonyl (C=O) groups excluding carboxylic acids is 1. The molecular formula is C16H23N4O+. The Bertz CT molecular complexity index is 533. The molecule has 21 heavy (non-hydrogen) atoms. The van der Waals surface area contributed by atoms with Crippen LogP contribution < -0.4 is 15.5 Å². The van der Waals surface area contributed by atoms with Gasteiger partial charge in [-0.3, -0.25) is 9.80 Å². The van der Waals surface area contributed by atoms with Gasteiger partial charge in [0, 0.05) is 37.8 Å². The quantitative estimate of drug-likeness (QED) is 0.785. The fourth-order valence-corrected chi connectivity index (χ4v) is 3.99. The molecule has 0 spiro atoms. The monoisotopic (exact) mass is 287 g/mol. The normalized spacial score (nSPS) is 27.3. The summed E-state index contributed by atoms with van der Waals surface area (Å²) in [6.07, 6.45) is 3.44. The number of fused-ring (bicyclic) bond motifs is 1. The lowest BCUT2D eigenvalue weighted by molar-refractivity contribution is -0.454. The number of amides is 2. The largest absolute Gasteiger partial charge is 0.425 e. The molecular weight excluding hydrogens is 264 g/mol. The van der Waals surface area contributed by atoms with Gasteiger partial charge in [0.15, 0.2) is 5.69 Å². The highest BCUT2D eigenvalue weighted by Crippen LogP contribution is 2.31. The van der Waals surface area contributed by atoms with Gasteiger partial charge in [-0.15, -0.1) is 0 Å². The molecule has 5 heteroatoms. The zero-order chi connectivity index (χ0) is 14.2. The second-order valence-corrected chi connectivity index (χ2v) is 6.33. The molecule has 0 aliphatic carbocycles. The van der Waals surface area contributed by atoms with Gasteiger partial charge in [-0.05, 0) is 31.9 Å². The van der Waals surface area contributed by atoms with Crippen LogP contribution in [-0.4, -0.2) is 49.2 Å². The third-order valence-corrected chi connectivity index (χ3v) is 5.13. The molecule has 112 valence electrons. The van der Waals surface area contributed by atoms with Crippen LogP contribution in [0.25, 0.3) is 0 Å². The summed E-state index contributed by atoms with van der Waals surface area (Å²) in [4.78, 5) is 16.9. The number of anilines is 1. The summed E-state index contributed by atoms with van der Waals surface area (Å²) in [5.41, 5.74) is 2.17. The minimum absolute atomic E-state index is 0.164. The van der Waals surface area contributed by atoms with Crippen molar-refractivity contribution < 1.29 is 10.1 Å². The third-order valence-electron chi connectivity index (χ3n) is 5.13. The van der Waals surface area contributed by atoms with Crippen molar-refractivity contribution in [3.8, 4) is 0 Å². The number of quaternary nitrogens is 1. The number of hydrogen-bond donors (Lipinski definition) is 2. The van der Waals surface area contributed by atoms with Gasteiger partial charge in [-0.2, -0.15) is 0 Å². The zero-order valence-electron chi connectivity index (χ0n) is 12.3. The molecule has 1 aromatic carbocycles. The summed E-state index contributed by atoms with van der Waals surface area (Å²) in [5.74, 6) is 0. The van der Waals surface area contributed by atoms with E-state index in [1.165, 1.54) is 6.42 Å². The van der Waals surface area contributed by atoms with Crippen LogP contribution in [0.4, 0.5) is 16.2 Å². The van der Waals surface area contributed by atoms with E-state index in [-0.39, 0.29) is 6.03 Å². The van der Waals surface area contributed by atoms with E-state index in [2.05, 4.69) is 16.3 Å². The molecule has 2 amide bonds. The molecule has 1 atom stereocenters. The van der Waals surface area contributed by atoms with Crippen LogP contribution in [-0.2, 0) is 0 Å². The van der Waals surface area contributed by atoms with Gasteiger partial charge >= 0.3 is 6.03 Å². The van der Waals surface area contributed by atoms with E-state index in [1.807, 2.05) is 23.1 Å². The van der Waals surface area contributed by atoms with Crippen LogP contribution in [0.2, 0.25) is 0 Å². The summed E-state index contributed by atoms with van der Waals surface area (Å²) in [5, 5.41) is 5.23. The number of para-hydroxylation sites is 2. The number of carbonyl (C=O) groups is 1. The van der Waals surface area contributed by atoms with Gasteiger partial charge in [0.2, 0.25) is 0 Å². The first-order valence-corrected chi connectivity index (χ1v) is 8.04. The Hall–Kier alpha value is -1.43. The SMILES string of the molecule is O=C1[NH2+]c2ccccc2N1C1CCN(C2CCNC2)CC1. The minimum Gasteiger partial charge on any atom is -0.315 e. The van der Waals surface area contributed by atoms with Crippen molar-refractivity contribution in [1.29, 1.82) is 0 Å². The van der Waals surface area contributed by atoms with Crippen molar-refractivity contribution in [2.75, 3.05) is 31.1 Å². The van der Waals surface area contributed by atoms with Gasteiger partial charge in [0.1, 0.15) is 5.69 Å². The van der Waals surface area contributed by atoms with Crippen LogP contribution in [0.5, 0.6) is 0 Å². The topological polar surface area (TPSA) is 52.2 Å². The van der Waals surface area contributed by atoms with E-state index in [4.69, 9.17) is 0 Å². The van der Waals surface area contributed by atoms with Crippen molar-refractivity contribution in [1.82, 2.24) is 10.2 Å². The second-order valence-electron chi connectivity index (χ2n) is 6.33. The number of primary amides is 1. The maximum Gasteiger partial charge on any atom is 0.425 e. The first kappa shape index (κ1) is 13.2. The summed E-state index contributed by atoms with van der Waals surface area (Å²) >= 11 is 0. The standard InChI is InChI=1S/C16H22N4O/c21-16-18-14-3-1-2-4-15(14)20(16)12-6-9-19(10-7-12)13-5-8-17-11-13/h1-4,12-13,17H,5-11H2,(H,18,21)/p+1. The predicted molar refractivity (Wildman–Crippen MR) is 81.8 cm³/mol. The number of benzene rings is 1. The molecule has 2 saturated heterocycles. The molecule has 1 unspecified atom stereocenters. The summed E-state index contributed by atoms with van der Waals surface area (Å²) in [7, 11) is 0. The number of nitrogens with one attached hydrogen (secondary N) is 1. The van der Waals surface area contributed by atoms with Crippen LogP contribution in [0, 0.1) is 0 Å². The molecule has 4 rings (SSSR count). The lowest BCUT2D eigenvalue weighted by Gasteiger charge is -2.38. The molecule has 0 radical (unpaired) electrons. The van der Waals surface area contributed by atoms with Gasteiger partial charge in [0.05, 0.1) is 0 Å². The Morgan fingerprint density at radius 3 is 2.67 bits per heavy atom. The zero-order valence-corrected chi connectivity index (χ0v) is 12.3. The minimum atomic E-state index is 0.164. The Balaban J connectivity index is 1.45. The highest BCUT2D eigenvalue weighted by Gasteiger charge is 2.39. The van der Waals surface area contributed by atoms with E-state index in [1.54, 1.807) is 5.32 Å². The highest BCUT2D eigenvalue weighted by atomic mass is 16.2. The molecule has 0 aromatic heterocycles. The maximum atomic E-state index is 12.3. The van der Waals surface area contributed by atoms with E-state index in [9.17, 15) is 4.79 Å². The van der Waals surface area contributed by atoms with Crippen LogP contribution in [0.1, 0.15) is 19.3 Å². The first-order valence-electron chi connectivity index (χ1n) is 8.04. The Labute approximate surface area is 125 Å². The third kappa shape index (κ3) is 2.35. The summed E-state index contributed by atoms with van der Waals surface area (Å²) < 4.78 is 0. The Morgan fingerprint density at radius 1 is 1.10 bits per heavy atom. The molecule has 0 bridgehead atoms. The number of rotatable bonds is 2. The van der Waals surface area contributed by atoms with Crippen LogP contribution in [0.15, 0.2) is 24.3 Å². The first-order chi connectivity index (χ1) is 10.3. The number of urea groups is 1. The molecule has 5 nitrogen and oxygen atoms in total. The number of nitrogens with zero attached hydrogens (tertiary/aromatic N) is 2. The van der Waals surface area contributed by atoms with Crippen molar-refractivity contribution in [2.45, 2.75) is 31.3 Å². The molecule has 0 saturated carbocycles. The lowest BCUT2D eigenvalue weighted by Crippen LogP contribution is -2.82. The maximum absolute atomic E-state index is 12.3. The van der Waals surface area contributed by atoms with Crippen molar-refractivity contribution in [3.63, 3.8) is 0 Å². The van der Waals surface area contributed by atoms with E-state index >= 15 is 0 Å². The fraction of sp³-hybridized carbons (Fsp3) is 0.562. The lowest BCUT2D eigenvalue weighted by atomic mass is 10.0. The average Bonchev–Trinajstić information content (AvgIpc) is 3.14. The second kappa shape index (κ2) is 5.40. The summed E-state index contributed by atoms with van der Waals surface area (Å²) in [6.45, 7) is 4.51. The van der Waals surface area contributed by atoms with E-state index in [0.717, 1.165) is 50.4 Å². The van der Waals surface area contributed by atoms with Gasteiger partial charge in [-0.25, -0.2) is 10.1 Å². The molecule has 3 heterocycles. The summed E-state index contributed by atoms with van der Waals surface area (Å²) in [6, 6.07) is 9.37. The average molecular weight is 287 g/mol. The van der Waals surface area contributed by atoms with Crippen LogP contribution in [0.3, 0.4) is 0 Å². The van der Waals surface area contributed by atoms with Gasteiger partial charge in [-0.1, -0.05) is 12.1 Å². The Morgan fingerprint density at radius 2 is 1.90 bits per heavy atom. The van der Waals surface area contributed by atoms with Crippen molar-refractivity contribution in [2.24, 2.45) is 0 Å². The fourth-order valence-electron chi connectivity index (χ4n) is 3.99. The van der Waals surface area contributed by atoms with Gasteiger partial charge in [0.25, 0.3) is 0 Å². The smallest absolute Gasteiger partial charge is 0.315 e. The molecule has 2 fully saturated rings. The van der Waals surface area contributed by atoms with Crippen LogP contribution >= 0.6 is 0 Å². The number of hydrogen-bond acceptors (Lipinski definition) is 3. The van der Waals surface area contributed by atoms with E-state index in [0.29, 0.717) is 12.1 Å². The Kier molecular flexibility index (Phi) is 3.41. The van der Waals surface area contributed by atoms with Crippen molar-refractivity contribution in [3.05, 3.63) is 24.3 Å². The molecule has 3 aliphatic rings. The van der Waals surface area contributed by atoms with Gasteiger partial charge < -0.3 is 5.32 Å². The predicted octanol–water partition coefficient (Wildman–Crippen LogP) is 0.648.